The number of halogens is 1. The van der Waals surface area contributed by atoms with Gasteiger partial charge in [-0.1, -0.05) is 72.8 Å². The maximum Gasteiger partial charge on any atom is 0.340 e. The molecule has 6 nitrogen and oxygen atoms in total. The Hall–Kier alpha value is -4.03. The summed E-state index contributed by atoms with van der Waals surface area (Å²) in [5.74, 6) is -0.600. The molecule has 1 heterocycles. The Morgan fingerprint density at radius 1 is 0.818 bits per heavy atom. The van der Waals surface area contributed by atoms with E-state index < -0.39 is 11.2 Å². The van der Waals surface area contributed by atoms with E-state index in [9.17, 15) is 14.4 Å². The maximum absolute atomic E-state index is 12.2. The highest BCUT2D eigenvalue weighted by molar-refractivity contribution is 6.67. The first kappa shape index (κ1) is 23.6. The largest absolute Gasteiger partial charge is 0.465 e. The van der Waals surface area contributed by atoms with Gasteiger partial charge in [-0.3, -0.25) is 14.6 Å². The highest BCUT2D eigenvalue weighted by atomic mass is 35.5. The molecular formula is C26H21ClN2O4. The maximum atomic E-state index is 12.2. The first-order chi connectivity index (χ1) is 16.0. The zero-order valence-electron chi connectivity index (χ0n) is 17.8. The number of pyridine rings is 1. The zero-order chi connectivity index (χ0) is 23.6. The Morgan fingerprint density at radius 2 is 1.36 bits per heavy atom. The van der Waals surface area contributed by atoms with E-state index in [2.05, 4.69) is 10.3 Å². The van der Waals surface area contributed by atoms with Crippen LogP contribution in [0.2, 0.25) is 0 Å². The molecule has 166 valence electrons. The number of ether oxygens (including phenoxy) is 1. The van der Waals surface area contributed by atoms with Crippen LogP contribution in [0.4, 0.5) is 0 Å². The van der Waals surface area contributed by atoms with Crippen LogP contribution >= 0.6 is 11.6 Å². The third kappa shape index (κ3) is 6.24. The Bertz CT molecular complexity index is 1260. The van der Waals surface area contributed by atoms with E-state index in [0.717, 1.165) is 10.8 Å². The normalized spacial score (nSPS) is 10.0. The van der Waals surface area contributed by atoms with Crippen molar-refractivity contribution in [1.82, 2.24) is 10.3 Å². The number of esters is 1. The van der Waals surface area contributed by atoms with Gasteiger partial charge in [-0.15, -0.1) is 0 Å². The predicted octanol–water partition coefficient (Wildman–Crippen LogP) is 5.02. The number of carbonyl (C=O) groups is 3. The fourth-order valence-electron chi connectivity index (χ4n) is 3.09. The van der Waals surface area contributed by atoms with E-state index in [0.29, 0.717) is 22.4 Å². The summed E-state index contributed by atoms with van der Waals surface area (Å²) >= 11 is 5.16. The van der Waals surface area contributed by atoms with Crippen LogP contribution in [-0.2, 0) is 11.3 Å². The van der Waals surface area contributed by atoms with Gasteiger partial charge < -0.3 is 10.1 Å². The lowest BCUT2D eigenvalue weighted by atomic mass is 10.0. The molecule has 0 fully saturated rings. The summed E-state index contributed by atoms with van der Waals surface area (Å²) in [7, 11) is 1.34. The molecule has 0 atom stereocenters. The molecule has 0 radical (unpaired) electrons. The summed E-state index contributed by atoms with van der Waals surface area (Å²) < 4.78 is 4.79. The second-order valence-electron chi connectivity index (χ2n) is 6.84. The molecule has 4 aromatic rings. The van der Waals surface area contributed by atoms with E-state index in [-0.39, 0.29) is 12.5 Å². The number of methoxy groups -OCH3 is 1. The highest BCUT2D eigenvalue weighted by Crippen LogP contribution is 2.21. The number of fused-ring (bicyclic) bond motifs is 1. The van der Waals surface area contributed by atoms with Crippen molar-refractivity contribution >= 4 is 39.5 Å². The van der Waals surface area contributed by atoms with Crippen molar-refractivity contribution in [2.24, 2.45) is 0 Å². The van der Waals surface area contributed by atoms with Crippen molar-refractivity contribution in [2.75, 3.05) is 7.11 Å². The first-order valence-electron chi connectivity index (χ1n) is 10.0. The third-order valence-electron chi connectivity index (χ3n) is 4.74. The number of rotatable bonds is 5. The standard InChI is InChI=1S/C19H16N2O3.C7H5ClO/c1-24-19(23)16-11-20-17(15-10-6-5-9-14(15)16)12-21-18(22)13-7-3-2-4-8-13;8-7(9)6-4-2-1-3-5-6/h2-11H,12H2,1H3,(H,21,22);1-5H. The van der Waals surface area contributed by atoms with E-state index in [4.69, 9.17) is 16.3 Å². The minimum Gasteiger partial charge on any atom is -0.465 e. The number of nitrogens with zero attached hydrogens (tertiary/aromatic N) is 1. The second-order valence-corrected chi connectivity index (χ2v) is 7.19. The van der Waals surface area contributed by atoms with E-state index in [1.807, 2.05) is 48.5 Å². The van der Waals surface area contributed by atoms with Crippen molar-refractivity contribution in [1.29, 1.82) is 0 Å². The molecule has 0 bridgehead atoms. The van der Waals surface area contributed by atoms with E-state index in [1.54, 1.807) is 36.4 Å². The number of hydrogen-bond donors (Lipinski definition) is 1. The number of nitrogens with one attached hydrogen (secondary N) is 1. The Kier molecular flexibility index (Phi) is 8.27. The quantitative estimate of drug-likeness (QED) is 0.334. The molecular weight excluding hydrogens is 440 g/mol. The summed E-state index contributed by atoms with van der Waals surface area (Å²) in [4.78, 5) is 38.8. The average Bonchev–Trinajstić information content (AvgIpc) is 2.88. The van der Waals surface area contributed by atoms with Crippen molar-refractivity contribution < 1.29 is 19.1 Å². The van der Waals surface area contributed by atoms with Crippen molar-refractivity contribution in [3.63, 3.8) is 0 Å². The Labute approximate surface area is 196 Å². The van der Waals surface area contributed by atoms with Crippen molar-refractivity contribution in [2.45, 2.75) is 6.54 Å². The van der Waals surface area contributed by atoms with Crippen LogP contribution < -0.4 is 5.32 Å². The lowest BCUT2D eigenvalue weighted by Crippen LogP contribution is -2.23. The van der Waals surface area contributed by atoms with Crippen molar-refractivity contribution in [3.05, 3.63) is 114 Å². The summed E-state index contributed by atoms with van der Waals surface area (Å²) in [6, 6.07) is 25.2. The van der Waals surface area contributed by atoms with E-state index >= 15 is 0 Å². The van der Waals surface area contributed by atoms with Gasteiger partial charge in [0.25, 0.3) is 11.1 Å². The molecule has 7 heteroatoms. The van der Waals surface area contributed by atoms with Crippen LogP contribution in [0.5, 0.6) is 0 Å². The molecule has 0 spiro atoms. The first-order valence-corrected chi connectivity index (χ1v) is 10.4. The minimum atomic E-state index is -0.432. The molecule has 1 N–H and O–H groups in total. The summed E-state index contributed by atoms with van der Waals surface area (Å²) in [6.07, 6.45) is 1.48. The van der Waals surface area contributed by atoms with Crippen LogP contribution in [0.3, 0.4) is 0 Å². The fourth-order valence-corrected chi connectivity index (χ4v) is 3.22. The van der Waals surface area contributed by atoms with Crippen LogP contribution in [0.25, 0.3) is 10.8 Å². The lowest BCUT2D eigenvalue weighted by Gasteiger charge is -2.10. The molecule has 0 saturated heterocycles. The highest BCUT2D eigenvalue weighted by Gasteiger charge is 2.14. The minimum absolute atomic E-state index is 0.168. The van der Waals surface area contributed by atoms with Gasteiger partial charge >= 0.3 is 5.97 Å². The predicted molar refractivity (Wildman–Crippen MR) is 127 cm³/mol. The number of carbonyl (C=O) groups excluding carboxylic acids is 3. The third-order valence-corrected chi connectivity index (χ3v) is 4.95. The molecule has 0 aliphatic carbocycles. The van der Waals surface area contributed by atoms with Gasteiger partial charge in [0.15, 0.2) is 0 Å². The van der Waals surface area contributed by atoms with Crippen LogP contribution in [0.15, 0.2) is 91.1 Å². The lowest BCUT2D eigenvalue weighted by molar-refractivity contribution is 0.0602. The van der Waals surface area contributed by atoms with E-state index in [1.165, 1.54) is 13.3 Å². The average molecular weight is 461 g/mol. The molecule has 0 aliphatic rings. The second kappa shape index (κ2) is 11.5. The number of amides is 1. The molecule has 0 unspecified atom stereocenters. The van der Waals surface area contributed by atoms with Crippen LogP contribution in [-0.4, -0.2) is 29.2 Å². The Balaban J connectivity index is 0.000000286. The Morgan fingerprint density at radius 3 is 1.91 bits per heavy atom. The summed E-state index contributed by atoms with van der Waals surface area (Å²) in [5.41, 5.74) is 2.24. The van der Waals surface area contributed by atoms with Crippen molar-refractivity contribution in [3.8, 4) is 0 Å². The monoisotopic (exact) mass is 460 g/mol. The smallest absolute Gasteiger partial charge is 0.340 e. The van der Waals surface area contributed by atoms with Gasteiger partial charge in [0.2, 0.25) is 0 Å². The van der Waals surface area contributed by atoms with Crippen LogP contribution in [0, 0.1) is 0 Å². The molecule has 33 heavy (non-hydrogen) atoms. The molecule has 0 saturated carbocycles. The molecule has 1 aromatic heterocycles. The molecule has 1 amide bonds. The number of benzene rings is 3. The van der Waals surface area contributed by atoms with Gasteiger partial charge in [-0.2, -0.15) is 0 Å². The van der Waals surface area contributed by atoms with Gasteiger partial charge in [0.1, 0.15) is 0 Å². The number of aromatic nitrogens is 1. The fraction of sp³-hybridized carbons (Fsp3) is 0.0769. The van der Waals surface area contributed by atoms with Gasteiger partial charge in [0, 0.05) is 22.7 Å². The molecule has 3 aromatic carbocycles. The molecule has 4 rings (SSSR count). The van der Waals surface area contributed by atoms with Gasteiger partial charge in [0.05, 0.1) is 24.9 Å². The summed E-state index contributed by atoms with van der Waals surface area (Å²) in [6.45, 7) is 0.274. The summed E-state index contributed by atoms with van der Waals surface area (Å²) in [5, 5.41) is 4.01. The molecule has 0 aliphatic heterocycles. The van der Waals surface area contributed by atoms with Gasteiger partial charge in [-0.05, 0) is 29.1 Å². The van der Waals surface area contributed by atoms with Crippen LogP contribution in [0.1, 0.15) is 36.8 Å². The zero-order valence-corrected chi connectivity index (χ0v) is 18.6. The number of hydrogen-bond acceptors (Lipinski definition) is 5. The topological polar surface area (TPSA) is 85.4 Å². The van der Waals surface area contributed by atoms with Gasteiger partial charge in [-0.25, -0.2) is 4.79 Å². The SMILES string of the molecule is COC(=O)c1cnc(CNC(=O)c2ccccc2)c2ccccc12.O=C(Cl)c1ccccc1.